The van der Waals surface area contributed by atoms with Crippen LogP contribution in [0.4, 0.5) is 10.5 Å². The number of benzene rings is 2. The fourth-order valence-electron chi connectivity index (χ4n) is 5.31. The average molecular weight is 468 g/mol. The van der Waals surface area contributed by atoms with Crippen LogP contribution >= 0.6 is 0 Å². The van der Waals surface area contributed by atoms with E-state index in [1.165, 1.54) is 24.3 Å². The van der Waals surface area contributed by atoms with Gasteiger partial charge in [0.2, 0.25) is 0 Å². The zero-order valence-electron chi connectivity index (χ0n) is 18.7. The van der Waals surface area contributed by atoms with Gasteiger partial charge in [-0.05, 0) is 48.1 Å². The van der Waals surface area contributed by atoms with Crippen molar-refractivity contribution in [2.45, 2.75) is 25.2 Å². The maximum atomic E-state index is 12.9. The van der Waals surface area contributed by atoms with Crippen LogP contribution in [0.2, 0.25) is 0 Å². The zero-order valence-corrected chi connectivity index (χ0v) is 18.7. The third-order valence-electron chi connectivity index (χ3n) is 6.96. The van der Waals surface area contributed by atoms with Crippen LogP contribution in [0.3, 0.4) is 0 Å². The molecule has 0 amide bonds. The van der Waals surface area contributed by atoms with Gasteiger partial charge < -0.3 is 4.74 Å². The second kappa shape index (κ2) is 8.33. The molecule has 0 bridgehead atoms. The molecule has 0 saturated carbocycles. The molecule has 0 saturated heterocycles. The highest BCUT2D eigenvalue weighted by atomic mass is 16.6. The number of rotatable bonds is 3. The number of non-ortho nitro benzene ring substituents is 1. The first-order valence-corrected chi connectivity index (χ1v) is 11.1. The SMILES string of the molecule is C[C@@H]1C(=O)C(C#N)=C[C@]2(c3ccccc3)c3nn(C(=O)Oc4ccc([N+](=O)[O-])cc4)cc3CC[C@@H]12. The van der Waals surface area contributed by atoms with Gasteiger partial charge in [0.05, 0.1) is 21.6 Å². The molecule has 1 aromatic heterocycles. The number of carbonyl (C=O) groups excluding carboxylic acids is 2. The third-order valence-corrected chi connectivity index (χ3v) is 6.96. The normalized spacial score (nSPS) is 22.9. The molecule has 2 aromatic carbocycles. The van der Waals surface area contributed by atoms with E-state index in [-0.39, 0.29) is 34.6 Å². The predicted molar refractivity (Wildman–Crippen MR) is 124 cm³/mol. The summed E-state index contributed by atoms with van der Waals surface area (Å²) in [6, 6.07) is 16.8. The van der Waals surface area contributed by atoms with Crippen molar-refractivity contribution >= 4 is 17.6 Å². The number of ketones is 1. The summed E-state index contributed by atoms with van der Waals surface area (Å²) in [4.78, 5) is 36.1. The minimum Gasteiger partial charge on any atom is -0.409 e. The van der Waals surface area contributed by atoms with Crippen molar-refractivity contribution in [1.82, 2.24) is 9.78 Å². The van der Waals surface area contributed by atoms with Gasteiger partial charge in [-0.3, -0.25) is 14.9 Å². The van der Waals surface area contributed by atoms with E-state index in [9.17, 15) is 25.0 Å². The molecule has 3 aromatic rings. The van der Waals surface area contributed by atoms with Crippen LogP contribution in [0.5, 0.6) is 5.75 Å². The van der Waals surface area contributed by atoms with Crippen molar-refractivity contribution in [3.05, 3.63) is 99.4 Å². The number of fused-ring (bicyclic) bond motifs is 3. The first-order chi connectivity index (χ1) is 16.8. The highest BCUT2D eigenvalue weighted by molar-refractivity contribution is 6.02. The topological polar surface area (TPSA) is 128 Å². The Morgan fingerprint density at radius 3 is 2.60 bits per heavy atom. The number of hydrogen-bond acceptors (Lipinski definition) is 7. The Morgan fingerprint density at radius 1 is 1.23 bits per heavy atom. The molecule has 0 aliphatic heterocycles. The predicted octanol–water partition coefficient (Wildman–Crippen LogP) is 4.36. The minimum atomic E-state index is -0.841. The summed E-state index contributed by atoms with van der Waals surface area (Å²) < 4.78 is 6.50. The molecular weight excluding hydrogens is 448 g/mol. The van der Waals surface area contributed by atoms with Crippen LogP contribution in [-0.4, -0.2) is 26.6 Å². The Morgan fingerprint density at radius 2 is 1.94 bits per heavy atom. The average Bonchev–Trinajstić information content (AvgIpc) is 3.32. The Balaban J connectivity index is 1.59. The number of carbonyl (C=O) groups is 2. The van der Waals surface area contributed by atoms with Gasteiger partial charge in [0.15, 0.2) is 5.78 Å². The van der Waals surface area contributed by atoms with Crippen molar-refractivity contribution in [3.8, 4) is 11.8 Å². The van der Waals surface area contributed by atoms with E-state index in [4.69, 9.17) is 4.74 Å². The van der Waals surface area contributed by atoms with Gasteiger partial charge in [-0.1, -0.05) is 37.3 Å². The van der Waals surface area contributed by atoms with E-state index < -0.39 is 16.4 Å². The van der Waals surface area contributed by atoms with E-state index in [0.29, 0.717) is 18.5 Å². The Kier molecular flexibility index (Phi) is 5.29. The van der Waals surface area contributed by atoms with Crippen LogP contribution in [-0.2, 0) is 16.6 Å². The maximum absolute atomic E-state index is 12.9. The van der Waals surface area contributed by atoms with Gasteiger partial charge in [-0.15, -0.1) is 0 Å². The number of nitrogens with zero attached hydrogens (tertiary/aromatic N) is 4. The molecule has 3 atom stereocenters. The molecule has 2 aliphatic carbocycles. The van der Waals surface area contributed by atoms with E-state index in [1.54, 1.807) is 12.3 Å². The maximum Gasteiger partial charge on any atom is 0.440 e. The van der Waals surface area contributed by atoms with Crippen molar-refractivity contribution < 1.29 is 19.2 Å². The monoisotopic (exact) mass is 468 g/mol. The third kappa shape index (κ3) is 3.51. The van der Waals surface area contributed by atoms with Crippen molar-refractivity contribution in [3.63, 3.8) is 0 Å². The fourth-order valence-corrected chi connectivity index (χ4v) is 5.31. The molecule has 1 heterocycles. The molecule has 9 nitrogen and oxygen atoms in total. The molecule has 0 radical (unpaired) electrons. The molecular formula is C26H20N4O5. The number of nitro groups is 1. The lowest BCUT2D eigenvalue weighted by Crippen LogP contribution is -2.48. The Bertz CT molecular complexity index is 1420. The van der Waals surface area contributed by atoms with E-state index >= 15 is 0 Å². The molecule has 0 unspecified atom stereocenters. The van der Waals surface area contributed by atoms with E-state index in [2.05, 4.69) is 11.2 Å². The van der Waals surface area contributed by atoms with Gasteiger partial charge >= 0.3 is 6.09 Å². The molecule has 2 aliphatic rings. The zero-order chi connectivity index (χ0) is 24.7. The first kappa shape index (κ1) is 22.2. The number of nitro benzene ring substituents is 1. The summed E-state index contributed by atoms with van der Waals surface area (Å²) in [5.74, 6) is -0.547. The first-order valence-electron chi connectivity index (χ1n) is 11.1. The quantitative estimate of drug-likeness (QED) is 0.413. The van der Waals surface area contributed by atoms with E-state index in [1.807, 2.05) is 37.3 Å². The molecule has 174 valence electrons. The Labute approximate surface area is 200 Å². The number of ether oxygens (including phenoxy) is 1. The number of aromatic nitrogens is 2. The summed E-state index contributed by atoms with van der Waals surface area (Å²) in [7, 11) is 0. The molecule has 0 fully saturated rings. The molecule has 0 N–H and O–H groups in total. The highest BCUT2D eigenvalue weighted by Crippen LogP contribution is 2.53. The minimum absolute atomic E-state index is 0.0912. The summed E-state index contributed by atoms with van der Waals surface area (Å²) in [5.41, 5.74) is 1.48. The lowest BCUT2D eigenvalue weighted by molar-refractivity contribution is -0.384. The number of hydrogen-bond donors (Lipinski definition) is 0. The van der Waals surface area contributed by atoms with Crippen molar-refractivity contribution in [2.24, 2.45) is 11.8 Å². The lowest BCUT2D eigenvalue weighted by atomic mass is 9.54. The molecule has 9 heteroatoms. The van der Waals surface area contributed by atoms with Gasteiger partial charge in [-0.25, -0.2) is 4.79 Å². The van der Waals surface area contributed by atoms with Gasteiger partial charge in [0, 0.05) is 24.2 Å². The van der Waals surface area contributed by atoms with E-state index in [0.717, 1.165) is 15.8 Å². The number of allylic oxidation sites excluding steroid dienone is 2. The van der Waals surface area contributed by atoms with Crippen molar-refractivity contribution in [1.29, 1.82) is 5.26 Å². The highest BCUT2D eigenvalue weighted by Gasteiger charge is 2.53. The number of nitriles is 1. The van der Waals surface area contributed by atoms with Gasteiger partial charge in [0.1, 0.15) is 11.8 Å². The fraction of sp³-hybridized carbons (Fsp3) is 0.231. The van der Waals surface area contributed by atoms with Crippen LogP contribution < -0.4 is 4.74 Å². The summed E-state index contributed by atoms with van der Waals surface area (Å²) >= 11 is 0. The second-order valence-electron chi connectivity index (χ2n) is 8.77. The second-order valence-corrected chi connectivity index (χ2v) is 8.77. The Hall–Kier alpha value is -4.58. The molecule has 5 rings (SSSR count). The summed E-state index contributed by atoms with van der Waals surface area (Å²) in [6.45, 7) is 1.85. The smallest absolute Gasteiger partial charge is 0.409 e. The van der Waals surface area contributed by atoms with Crippen molar-refractivity contribution in [2.75, 3.05) is 0 Å². The van der Waals surface area contributed by atoms with Gasteiger partial charge in [0.25, 0.3) is 5.69 Å². The summed E-state index contributed by atoms with van der Waals surface area (Å²) in [5, 5.41) is 25.2. The standard InChI is InChI=1S/C26H20N4O5/c1-16-22-12-7-17-15-29(25(32)35-21-10-8-20(9-11-21)30(33)34)28-24(17)26(22,13-18(14-27)23(16)31)19-5-3-2-4-6-19/h2-6,8-11,13,15-16,22H,7,12H2,1H3/t16-,22-,26+/m0/s1. The van der Waals surface area contributed by atoms with Crippen LogP contribution in [0.25, 0.3) is 0 Å². The van der Waals surface area contributed by atoms with Crippen LogP contribution in [0, 0.1) is 33.3 Å². The number of aryl methyl sites for hydroxylation is 1. The van der Waals surface area contributed by atoms with Crippen LogP contribution in [0.1, 0.15) is 30.2 Å². The van der Waals surface area contributed by atoms with Crippen LogP contribution in [0.15, 0.2) is 72.4 Å². The van der Waals surface area contributed by atoms with Gasteiger partial charge in [-0.2, -0.15) is 15.0 Å². The lowest BCUT2D eigenvalue weighted by Gasteiger charge is -2.46. The number of Topliss-reactive ketones (excluding diaryl/α,β-unsaturated/α-hetero) is 1. The molecule has 0 spiro atoms. The summed E-state index contributed by atoms with van der Waals surface area (Å²) in [6.07, 6.45) is 3.87. The molecule has 35 heavy (non-hydrogen) atoms. The largest absolute Gasteiger partial charge is 0.440 e.